The lowest BCUT2D eigenvalue weighted by molar-refractivity contribution is -0.116. The summed E-state index contributed by atoms with van der Waals surface area (Å²) in [6, 6.07) is 18.1. The number of nitrogens with one attached hydrogen (secondary N) is 1. The minimum Gasteiger partial charge on any atom is -0.454 e. The van der Waals surface area contributed by atoms with Crippen LogP contribution in [0.4, 0.5) is 5.69 Å². The van der Waals surface area contributed by atoms with Crippen molar-refractivity contribution >= 4 is 29.1 Å². The van der Waals surface area contributed by atoms with Crippen molar-refractivity contribution in [3.05, 3.63) is 76.8 Å². The second kappa shape index (κ2) is 9.75. The van der Waals surface area contributed by atoms with Gasteiger partial charge in [0.15, 0.2) is 11.5 Å². The highest BCUT2D eigenvalue weighted by Gasteiger charge is 2.13. The fraction of sp³-hybridized carbons (Fsp3) is 0.200. The van der Waals surface area contributed by atoms with Gasteiger partial charge in [-0.05, 0) is 72.9 Å². The first-order valence-electron chi connectivity index (χ1n) is 10.4. The number of rotatable bonds is 8. The first-order chi connectivity index (χ1) is 15.5. The summed E-state index contributed by atoms with van der Waals surface area (Å²) in [5.74, 6) is 0.986. The molecule has 7 heteroatoms. The van der Waals surface area contributed by atoms with Crippen LogP contribution in [0.5, 0.6) is 11.5 Å². The summed E-state index contributed by atoms with van der Waals surface area (Å²) in [6.45, 7) is 0.266. The van der Waals surface area contributed by atoms with Gasteiger partial charge in [-0.3, -0.25) is 9.59 Å². The molecule has 3 aromatic rings. The maximum absolute atomic E-state index is 12.4. The van der Waals surface area contributed by atoms with Crippen LogP contribution in [0.3, 0.4) is 0 Å². The molecule has 0 aliphatic carbocycles. The fourth-order valence-electron chi connectivity index (χ4n) is 3.60. The molecule has 0 spiro atoms. The number of benzene rings is 3. The van der Waals surface area contributed by atoms with E-state index in [1.807, 2.05) is 24.3 Å². The van der Waals surface area contributed by atoms with E-state index in [1.165, 1.54) is 0 Å². The van der Waals surface area contributed by atoms with Gasteiger partial charge >= 0.3 is 0 Å². The molecule has 0 bridgehead atoms. The van der Waals surface area contributed by atoms with Crippen molar-refractivity contribution in [3.8, 4) is 22.6 Å². The fourth-order valence-corrected chi connectivity index (χ4v) is 3.83. The van der Waals surface area contributed by atoms with Crippen LogP contribution >= 0.6 is 11.6 Å². The van der Waals surface area contributed by atoms with E-state index < -0.39 is 5.91 Å². The van der Waals surface area contributed by atoms with E-state index in [0.29, 0.717) is 22.7 Å². The predicted octanol–water partition coefficient (Wildman–Crippen LogP) is 5.19. The molecule has 2 amide bonds. The summed E-state index contributed by atoms with van der Waals surface area (Å²) < 4.78 is 10.7. The van der Waals surface area contributed by atoms with Gasteiger partial charge in [0.25, 0.3) is 0 Å². The zero-order chi connectivity index (χ0) is 22.5. The number of amides is 2. The van der Waals surface area contributed by atoms with E-state index >= 15 is 0 Å². The molecule has 0 radical (unpaired) electrons. The van der Waals surface area contributed by atoms with E-state index in [9.17, 15) is 9.59 Å². The normalized spacial score (nSPS) is 11.9. The highest BCUT2D eigenvalue weighted by molar-refractivity contribution is 6.33. The molecular formula is C25H23ClN2O4. The van der Waals surface area contributed by atoms with E-state index in [0.717, 1.165) is 47.5 Å². The molecule has 0 saturated heterocycles. The van der Waals surface area contributed by atoms with Crippen molar-refractivity contribution in [1.29, 1.82) is 0 Å². The van der Waals surface area contributed by atoms with Gasteiger partial charge in [-0.15, -0.1) is 0 Å². The number of nitrogens with two attached hydrogens (primary N) is 1. The summed E-state index contributed by atoms with van der Waals surface area (Å²) in [5.41, 5.74) is 9.05. The molecule has 0 aromatic heterocycles. The highest BCUT2D eigenvalue weighted by atomic mass is 35.5. The lowest BCUT2D eigenvalue weighted by Crippen LogP contribution is -2.11. The third kappa shape index (κ3) is 5.21. The topological polar surface area (TPSA) is 90.7 Å². The average molecular weight is 451 g/mol. The molecule has 3 aromatic carbocycles. The molecule has 3 N–H and O–H groups in total. The van der Waals surface area contributed by atoms with Crippen LogP contribution in [0.1, 0.15) is 35.2 Å². The van der Waals surface area contributed by atoms with Crippen LogP contribution in [-0.4, -0.2) is 18.6 Å². The molecule has 0 fully saturated rings. The number of carbonyl (C=O) groups is 2. The van der Waals surface area contributed by atoms with Crippen LogP contribution < -0.4 is 20.5 Å². The van der Waals surface area contributed by atoms with Gasteiger partial charge in [0.1, 0.15) is 0 Å². The number of aryl methyl sites for hydroxylation is 1. The van der Waals surface area contributed by atoms with E-state index in [1.54, 1.807) is 36.4 Å². The largest absolute Gasteiger partial charge is 0.454 e. The maximum atomic E-state index is 12.4. The smallest absolute Gasteiger partial charge is 0.248 e. The number of carbonyl (C=O) groups excluding carboxylic acids is 2. The Kier molecular flexibility index (Phi) is 6.61. The van der Waals surface area contributed by atoms with Crippen LogP contribution in [-0.2, 0) is 11.2 Å². The van der Waals surface area contributed by atoms with Crippen molar-refractivity contribution in [2.24, 2.45) is 5.73 Å². The van der Waals surface area contributed by atoms with Gasteiger partial charge in [-0.25, -0.2) is 0 Å². The predicted molar refractivity (Wildman–Crippen MR) is 124 cm³/mol. The van der Waals surface area contributed by atoms with Gasteiger partial charge < -0.3 is 20.5 Å². The monoisotopic (exact) mass is 450 g/mol. The number of unbranched alkanes of at least 4 members (excludes halogenated alkanes) is 1. The van der Waals surface area contributed by atoms with Crippen molar-refractivity contribution in [2.75, 3.05) is 12.1 Å². The lowest BCUT2D eigenvalue weighted by Gasteiger charge is -2.10. The van der Waals surface area contributed by atoms with Crippen molar-refractivity contribution in [3.63, 3.8) is 0 Å². The molecule has 6 nitrogen and oxygen atoms in total. The molecule has 4 rings (SSSR count). The number of hydrogen-bond donors (Lipinski definition) is 2. The van der Waals surface area contributed by atoms with E-state index in [-0.39, 0.29) is 12.7 Å². The maximum Gasteiger partial charge on any atom is 0.248 e. The second-order valence-corrected chi connectivity index (χ2v) is 7.99. The minimum absolute atomic E-state index is 0.0603. The van der Waals surface area contributed by atoms with Gasteiger partial charge in [0.05, 0.1) is 0 Å². The molecule has 0 unspecified atom stereocenters. The Labute approximate surface area is 191 Å². The molecule has 32 heavy (non-hydrogen) atoms. The van der Waals surface area contributed by atoms with Crippen LogP contribution in [0.25, 0.3) is 11.1 Å². The third-order valence-electron chi connectivity index (χ3n) is 5.26. The lowest BCUT2D eigenvalue weighted by atomic mass is 10.0. The Morgan fingerprint density at radius 3 is 2.66 bits per heavy atom. The SMILES string of the molecule is NC(=O)c1cccc(-c2cc(NC(=O)CCCCc3ccc4c(c3)OCO4)ccc2Cl)c1. The molecule has 1 aliphatic rings. The zero-order valence-corrected chi connectivity index (χ0v) is 18.2. The molecule has 1 aliphatic heterocycles. The molecule has 0 atom stereocenters. The van der Waals surface area contributed by atoms with Crippen LogP contribution in [0.2, 0.25) is 5.02 Å². The summed E-state index contributed by atoms with van der Waals surface area (Å²) in [7, 11) is 0. The number of anilines is 1. The quantitative estimate of drug-likeness (QED) is 0.462. The molecule has 0 saturated carbocycles. The summed E-state index contributed by atoms with van der Waals surface area (Å²) in [5, 5.41) is 3.45. The number of ether oxygens (including phenoxy) is 2. The molecule has 1 heterocycles. The molecular weight excluding hydrogens is 428 g/mol. The van der Waals surface area contributed by atoms with Crippen LogP contribution in [0.15, 0.2) is 60.7 Å². The Bertz CT molecular complexity index is 1160. The minimum atomic E-state index is -0.506. The van der Waals surface area contributed by atoms with Gasteiger partial charge in [0, 0.05) is 28.3 Å². The number of halogens is 1. The first-order valence-corrected chi connectivity index (χ1v) is 10.8. The second-order valence-electron chi connectivity index (χ2n) is 7.58. The Morgan fingerprint density at radius 1 is 0.969 bits per heavy atom. The van der Waals surface area contributed by atoms with Crippen molar-refractivity contribution in [2.45, 2.75) is 25.7 Å². The highest BCUT2D eigenvalue weighted by Crippen LogP contribution is 2.33. The first kappa shape index (κ1) is 21.7. The Morgan fingerprint density at radius 2 is 1.81 bits per heavy atom. The standard InChI is InChI=1S/C25H23ClN2O4/c26-21-10-9-19(14-20(21)17-5-3-6-18(13-17)25(27)30)28-24(29)7-2-1-4-16-8-11-22-23(12-16)32-15-31-22/h3,5-6,8-14H,1-2,4,7,15H2,(H2,27,30)(H,28,29). The van der Waals surface area contributed by atoms with E-state index in [2.05, 4.69) is 5.32 Å². The number of hydrogen-bond acceptors (Lipinski definition) is 4. The number of primary amides is 1. The summed E-state index contributed by atoms with van der Waals surface area (Å²) in [4.78, 5) is 23.9. The third-order valence-corrected chi connectivity index (χ3v) is 5.59. The van der Waals surface area contributed by atoms with Crippen molar-refractivity contribution in [1.82, 2.24) is 0 Å². The van der Waals surface area contributed by atoms with E-state index in [4.69, 9.17) is 26.8 Å². The summed E-state index contributed by atoms with van der Waals surface area (Å²) in [6.07, 6.45) is 2.94. The zero-order valence-electron chi connectivity index (χ0n) is 17.4. The average Bonchev–Trinajstić information content (AvgIpc) is 3.26. The number of fused-ring (bicyclic) bond motifs is 1. The Hall–Kier alpha value is -3.51. The van der Waals surface area contributed by atoms with Crippen LogP contribution in [0, 0.1) is 0 Å². The molecule has 164 valence electrons. The van der Waals surface area contributed by atoms with Gasteiger partial charge in [0.2, 0.25) is 18.6 Å². The van der Waals surface area contributed by atoms with Gasteiger partial charge in [-0.1, -0.05) is 29.8 Å². The summed E-state index contributed by atoms with van der Waals surface area (Å²) >= 11 is 6.35. The Balaban J connectivity index is 1.32. The van der Waals surface area contributed by atoms with Gasteiger partial charge in [-0.2, -0.15) is 0 Å². The van der Waals surface area contributed by atoms with Crippen molar-refractivity contribution < 1.29 is 19.1 Å².